The maximum Gasteiger partial charge on any atom is 0.272 e. The summed E-state index contributed by atoms with van der Waals surface area (Å²) in [5.41, 5.74) is 3.79. The van der Waals surface area contributed by atoms with Gasteiger partial charge in [0.05, 0.1) is 16.3 Å². The number of aromatic nitrogens is 1. The molecule has 5 rings (SSSR count). The van der Waals surface area contributed by atoms with Gasteiger partial charge in [-0.25, -0.2) is 4.98 Å². The molecule has 0 fully saturated rings. The average molecular weight is 611 g/mol. The summed E-state index contributed by atoms with van der Waals surface area (Å²) in [6.45, 7) is 1.98. The summed E-state index contributed by atoms with van der Waals surface area (Å²) in [5, 5.41) is 12.9. The van der Waals surface area contributed by atoms with Crippen LogP contribution in [0.15, 0.2) is 112 Å². The molecule has 2 heterocycles. The van der Waals surface area contributed by atoms with E-state index in [2.05, 4.69) is 20.9 Å². The molecular formula is C32H26N4O3S3. The molecular weight excluding hydrogens is 585 g/mol. The van der Waals surface area contributed by atoms with Gasteiger partial charge in [0, 0.05) is 21.5 Å². The lowest BCUT2D eigenvalue weighted by atomic mass is 10.1. The van der Waals surface area contributed by atoms with Crippen molar-refractivity contribution >= 4 is 69.1 Å². The Balaban J connectivity index is 1.23. The third-order valence-electron chi connectivity index (χ3n) is 5.90. The number of hydrogen-bond acceptors (Lipinski definition) is 7. The first kappa shape index (κ1) is 29.0. The highest BCUT2D eigenvalue weighted by molar-refractivity contribution is 8.00. The van der Waals surface area contributed by atoms with Gasteiger partial charge in [-0.3, -0.25) is 14.4 Å². The normalized spacial score (nSPS) is 11.1. The molecule has 0 atom stereocenters. The van der Waals surface area contributed by atoms with Crippen LogP contribution in [0.3, 0.4) is 0 Å². The number of rotatable bonds is 10. The minimum atomic E-state index is -0.468. The number of benzene rings is 3. The van der Waals surface area contributed by atoms with E-state index in [0.29, 0.717) is 16.4 Å². The second kappa shape index (κ2) is 13.9. The van der Waals surface area contributed by atoms with Gasteiger partial charge < -0.3 is 16.0 Å². The van der Waals surface area contributed by atoms with Gasteiger partial charge in [0.15, 0.2) is 5.13 Å². The molecule has 3 N–H and O–H groups in total. The van der Waals surface area contributed by atoms with Gasteiger partial charge in [0.25, 0.3) is 11.8 Å². The van der Waals surface area contributed by atoms with Crippen molar-refractivity contribution in [2.75, 3.05) is 16.4 Å². The van der Waals surface area contributed by atoms with Gasteiger partial charge in [-0.05, 0) is 60.3 Å². The SMILES string of the molecule is Cc1ccc(/C=C(\NC(=O)c2ccccc2)C(=O)Nc2cccc(SCC(=O)Nc3nc(-c4cccs4)cs3)c2)cc1. The van der Waals surface area contributed by atoms with Gasteiger partial charge in [-0.1, -0.05) is 60.2 Å². The van der Waals surface area contributed by atoms with Crippen LogP contribution in [0.5, 0.6) is 0 Å². The van der Waals surface area contributed by atoms with Crippen LogP contribution in [-0.4, -0.2) is 28.5 Å². The standard InChI is InChI=1S/C32H26N4O3S3/c1-21-12-14-22(15-13-21)17-26(34-30(38)23-7-3-2-4-8-23)31(39)33-24-9-5-10-25(18-24)41-20-29(37)36-32-35-27(19-42-32)28-11-6-16-40-28/h2-19H,20H2,1H3,(H,33,39)(H,34,38)(H,35,36,37)/b26-17-. The van der Waals surface area contributed by atoms with E-state index in [1.165, 1.54) is 23.1 Å². The topological polar surface area (TPSA) is 100 Å². The van der Waals surface area contributed by atoms with E-state index in [0.717, 1.165) is 26.6 Å². The van der Waals surface area contributed by atoms with Crippen LogP contribution in [0.4, 0.5) is 10.8 Å². The monoisotopic (exact) mass is 610 g/mol. The van der Waals surface area contributed by atoms with Crippen molar-refractivity contribution in [3.8, 4) is 10.6 Å². The summed E-state index contributed by atoms with van der Waals surface area (Å²) in [7, 11) is 0. The van der Waals surface area contributed by atoms with Crippen molar-refractivity contribution in [1.82, 2.24) is 10.3 Å². The van der Waals surface area contributed by atoms with Crippen LogP contribution in [0, 0.1) is 6.92 Å². The van der Waals surface area contributed by atoms with Crippen molar-refractivity contribution < 1.29 is 14.4 Å². The fraction of sp³-hybridized carbons (Fsp3) is 0.0625. The zero-order valence-electron chi connectivity index (χ0n) is 22.5. The van der Waals surface area contributed by atoms with Crippen molar-refractivity contribution in [2.45, 2.75) is 11.8 Å². The summed E-state index contributed by atoms with van der Waals surface area (Å²) in [6.07, 6.45) is 1.64. The first-order valence-corrected chi connectivity index (χ1v) is 15.7. The fourth-order valence-electron chi connectivity index (χ4n) is 3.81. The first-order chi connectivity index (χ1) is 20.4. The van der Waals surface area contributed by atoms with E-state index in [1.54, 1.807) is 59.9 Å². The van der Waals surface area contributed by atoms with Gasteiger partial charge >= 0.3 is 0 Å². The smallest absolute Gasteiger partial charge is 0.272 e. The Morgan fingerprint density at radius 2 is 1.69 bits per heavy atom. The summed E-state index contributed by atoms with van der Waals surface area (Å²) in [5.74, 6) is -0.850. The highest BCUT2D eigenvalue weighted by Crippen LogP contribution is 2.29. The molecule has 7 nitrogen and oxygen atoms in total. The van der Waals surface area contributed by atoms with Crippen LogP contribution in [-0.2, 0) is 9.59 Å². The Kier molecular flexibility index (Phi) is 9.60. The maximum absolute atomic E-state index is 13.3. The van der Waals surface area contributed by atoms with Crippen molar-refractivity contribution in [3.63, 3.8) is 0 Å². The van der Waals surface area contributed by atoms with E-state index in [9.17, 15) is 14.4 Å². The molecule has 0 saturated heterocycles. The van der Waals surface area contributed by atoms with Crippen LogP contribution in [0.25, 0.3) is 16.6 Å². The summed E-state index contributed by atoms with van der Waals surface area (Å²) < 4.78 is 0. The molecule has 5 aromatic rings. The largest absolute Gasteiger partial charge is 0.321 e. The fourth-order valence-corrected chi connectivity index (χ4v) is 6.05. The summed E-state index contributed by atoms with van der Waals surface area (Å²) in [6, 6.07) is 27.5. The number of thioether (sulfide) groups is 1. The quantitative estimate of drug-likeness (QED) is 0.114. The highest BCUT2D eigenvalue weighted by atomic mass is 32.2. The molecule has 0 unspecified atom stereocenters. The Morgan fingerprint density at radius 1 is 0.881 bits per heavy atom. The predicted molar refractivity (Wildman–Crippen MR) is 173 cm³/mol. The van der Waals surface area contributed by atoms with Crippen LogP contribution >= 0.6 is 34.4 Å². The number of nitrogens with zero attached hydrogens (tertiary/aromatic N) is 1. The van der Waals surface area contributed by atoms with E-state index in [4.69, 9.17) is 0 Å². The molecule has 0 spiro atoms. The zero-order chi connectivity index (χ0) is 29.3. The molecule has 3 aromatic carbocycles. The molecule has 210 valence electrons. The molecule has 2 aromatic heterocycles. The maximum atomic E-state index is 13.3. The van der Waals surface area contributed by atoms with Gasteiger partial charge in [-0.2, -0.15) is 0 Å². The molecule has 0 aliphatic heterocycles. The highest BCUT2D eigenvalue weighted by Gasteiger charge is 2.16. The molecule has 42 heavy (non-hydrogen) atoms. The van der Waals surface area contributed by atoms with Crippen molar-refractivity contribution in [1.29, 1.82) is 0 Å². The Hall–Kier alpha value is -4.51. The van der Waals surface area contributed by atoms with Crippen molar-refractivity contribution in [2.24, 2.45) is 0 Å². The van der Waals surface area contributed by atoms with Gasteiger partial charge in [0.2, 0.25) is 5.91 Å². The molecule has 0 radical (unpaired) electrons. The van der Waals surface area contributed by atoms with E-state index in [1.807, 2.05) is 66.2 Å². The second-order valence-corrected chi connectivity index (χ2v) is 12.0. The lowest BCUT2D eigenvalue weighted by Gasteiger charge is -2.12. The number of aryl methyl sites for hydroxylation is 1. The van der Waals surface area contributed by atoms with Crippen LogP contribution < -0.4 is 16.0 Å². The minimum Gasteiger partial charge on any atom is -0.321 e. The summed E-state index contributed by atoms with van der Waals surface area (Å²) >= 11 is 4.33. The van der Waals surface area contributed by atoms with Gasteiger partial charge in [-0.15, -0.1) is 34.4 Å². The van der Waals surface area contributed by atoms with Gasteiger partial charge in [0.1, 0.15) is 5.70 Å². The third-order valence-corrected chi connectivity index (χ3v) is 8.55. The number of nitrogens with one attached hydrogen (secondary N) is 3. The number of amides is 3. The first-order valence-electron chi connectivity index (χ1n) is 12.9. The molecule has 10 heteroatoms. The van der Waals surface area contributed by atoms with Crippen LogP contribution in [0.1, 0.15) is 21.5 Å². The number of carbonyl (C=O) groups excluding carboxylic acids is 3. The molecule has 3 amide bonds. The summed E-state index contributed by atoms with van der Waals surface area (Å²) in [4.78, 5) is 45.1. The zero-order valence-corrected chi connectivity index (χ0v) is 24.9. The number of thiophene rings is 1. The number of hydrogen-bond donors (Lipinski definition) is 3. The Labute approximate surface area is 255 Å². The van der Waals surface area contributed by atoms with E-state index < -0.39 is 5.91 Å². The lowest BCUT2D eigenvalue weighted by molar-refractivity contribution is -0.114. The Bertz CT molecular complexity index is 1710. The third kappa shape index (κ3) is 8.03. The molecule has 0 aliphatic rings. The van der Waals surface area contributed by atoms with Crippen molar-refractivity contribution in [3.05, 3.63) is 124 Å². The van der Waals surface area contributed by atoms with E-state index >= 15 is 0 Å². The molecule has 0 bridgehead atoms. The molecule has 0 aliphatic carbocycles. The lowest BCUT2D eigenvalue weighted by Crippen LogP contribution is -2.30. The Morgan fingerprint density at radius 3 is 2.45 bits per heavy atom. The number of carbonyl (C=O) groups is 3. The number of anilines is 2. The number of thiazole rings is 1. The minimum absolute atomic E-state index is 0.107. The predicted octanol–water partition coefficient (Wildman–Crippen LogP) is 7.32. The molecule has 0 saturated carbocycles. The second-order valence-electron chi connectivity index (χ2n) is 9.12. The average Bonchev–Trinajstić information content (AvgIpc) is 3.70. The van der Waals surface area contributed by atoms with E-state index in [-0.39, 0.29) is 23.3 Å². The van der Waals surface area contributed by atoms with Crippen LogP contribution in [0.2, 0.25) is 0 Å².